The van der Waals surface area contributed by atoms with E-state index in [1.165, 1.54) is 47.4 Å². The molecule has 0 amide bonds. The lowest BCUT2D eigenvalue weighted by molar-refractivity contribution is -0.676. The Morgan fingerprint density at radius 3 is 2.19 bits per heavy atom. The molecule has 4 nitrogen and oxygen atoms in total. The van der Waals surface area contributed by atoms with E-state index in [2.05, 4.69) is 0 Å². The number of alkyl halides is 3. The lowest BCUT2D eigenvalue weighted by atomic mass is 10.2. The third kappa shape index (κ3) is 5.44. The maximum absolute atomic E-state index is 12.5. The van der Waals surface area contributed by atoms with Gasteiger partial charge in [0.1, 0.15) is 21.9 Å². The van der Waals surface area contributed by atoms with Crippen LogP contribution in [0.1, 0.15) is 11.1 Å². The van der Waals surface area contributed by atoms with Crippen molar-refractivity contribution in [1.82, 2.24) is 0 Å². The quantitative estimate of drug-likeness (QED) is 0.341. The van der Waals surface area contributed by atoms with Crippen molar-refractivity contribution in [3.63, 3.8) is 0 Å². The highest BCUT2D eigenvalue weighted by atomic mass is 32.2. The summed E-state index contributed by atoms with van der Waals surface area (Å²) in [6.45, 7) is 1.82. The molecule has 0 N–H and O–H groups in total. The molecule has 0 saturated carbocycles. The summed E-state index contributed by atoms with van der Waals surface area (Å²) in [4.78, 5) is -0.178. The molecule has 0 aliphatic rings. The minimum absolute atomic E-state index is 0.178. The zero-order valence-corrected chi connectivity index (χ0v) is 17.0. The Labute approximate surface area is 163 Å². The number of fused-ring (bicyclic) bond motifs is 1. The summed E-state index contributed by atoms with van der Waals surface area (Å²) in [7, 11) is -2.49. The van der Waals surface area contributed by atoms with E-state index in [4.69, 9.17) is 0 Å². The number of aromatic nitrogens is 1. The average Bonchev–Trinajstić information content (AvgIpc) is 2.90. The minimum Gasteiger partial charge on any atom is -0.744 e. The number of aryl methyl sites for hydroxylation is 2. The number of rotatable bonds is 2. The van der Waals surface area contributed by atoms with E-state index in [1.807, 2.05) is 13.2 Å². The lowest BCUT2D eigenvalue weighted by Gasteiger charge is -2.05. The van der Waals surface area contributed by atoms with E-state index < -0.39 is 21.9 Å². The van der Waals surface area contributed by atoms with Gasteiger partial charge in [0.15, 0.2) is 0 Å². The molecule has 0 fully saturated rings. The summed E-state index contributed by atoms with van der Waals surface area (Å²) >= 11 is 3.04. The van der Waals surface area contributed by atoms with Gasteiger partial charge in [-0.05, 0) is 49.2 Å². The monoisotopic (exact) mass is 435 g/mol. The van der Waals surface area contributed by atoms with Gasteiger partial charge in [-0.1, -0.05) is 29.0 Å². The Balaban J connectivity index is 0.000000208. The second-order valence-corrected chi connectivity index (χ2v) is 9.04. The van der Waals surface area contributed by atoms with Gasteiger partial charge in [0.05, 0.1) is 10.5 Å². The third-order valence-electron chi connectivity index (χ3n) is 3.60. The number of hydrogen-bond acceptors (Lipinski definition) is 5. The van der Waals surface area contributed by atoms with E-state index >= 15 is 0 Å². The molecule has 1 heterocycles. The Morgan fingerprint density at radius 2 is 1.70 bits per heavy atom. The highest BCUT2D eigenvalue weighted by Gasteiger charge is 2.32. The predicted molar refractivity (Wildman–Crippen MR) is 98.9 cm³/mol. The van der Waals surface area contributed by atoms with Crippen LogP contribution in [0.4, 0.5) is 13.2 Å². The first-order valence-electron chi connectivity index (χ1n) is 7.50. The predicted octanol–water partition coefficient (Wildman–Crippen LogP) is 4.37. The number of thiazole rings is 1. The van der Waals surface area contributed by atoms with E-state index in [1.54, 1.807) is 23.7 Å². The van der Waals surface area contributed by atoms with E-state index in [9.17, 15) is 26.1 Å². The zero-order valence-electron chi connectivity index (χ0n) is 14.6. The van der Waals surface area contributed by atoms with Crippen LogP contribution in [0.15, 0.2) is 51.7 Å². The summed E-state index contributed by atoms with van der Waals surface area (Å²) in [5.74, 6) is 0. The van der Waals surface area contributed by atoms with Crippen molar-refractivity contribution >= 4 is 43.4 Å². The summed E-state index contributed by atoms with van der Waals surface area (Å²) < 4.78 is 72.4. The van der Waals surface area contributed by atoms with Gasteiger partial charge in [-0.2, -0.15) is 17.7 Å². The van der Waals surface area contributed by atoms with Gasteiger partial charge in [0.25, 0.3) is 4.34 Å². The van der Waals surface area contributed by atoms with Crippen molar-refractivity contribution in [3.05, 3.63) is 53.6 Å². The molecule has 2 aromatic carbocycles. The SMILES string of the molecule is CSc1sc2ccc(C(F)(F)F)cc2[n+]1C.Cc1ccc(S(=O)(=O)[O-])cc1. The Bertz CT molecular complexity index is 1040. The molecular formula is C17H16F3NO3S3. The summed E-state index contributed by atoms with van der Waals surface area (Å²) in [6.07, 6.45) is -2.36. The number of benzene rings is 2. The lowest BCUT2D eigenvalue weighted by Crippen LogP contribution is -2.28. The van der Waals surface area contributed by atoms with E-state index in [-0.39, 0.29) is 4.90 Å². The summed E-state index contributed by atoms with van der Waals surface area (Å²) in [5.41, 5.74) is 0.961. The standard InChI is InChI=1S/C10H9F3NS2.C7H8O3S/c1-14-7-5-6(10(11,12)13)3-4-8(7)16-9(14)15-2;1-6-2-4-7(5-3-6)11(8,9)10/h3-5H,1-2H3;2-5H,1H3,(H,8,9,10)/q+1;/p-1. The van der Waals surface area contributed by atoms with Crippen LogP contribution >= 0.6 is 23.1 Å². The molecule has 0 radical (unpaired) electrons. The largest absolute Gasteiger partial charge is 0.744 e. The van der Waals surface area contributed by atoms with Crippen LogP contribution in [-0.2, 0) is 23.3 Å². The topological polar surface area (TPSA) is 61.1 Å². The van der Waals surface area contributed by atoms with Gasteiger partial charge in [-0.25, -0.2) is 8.42 Å². The van der Waals surface area contributed by atoms with Gasteiger partial charge < -0.3 is 4.55 Å². The van der Waals surface area contributed by atoms with Crippen LogP contribution < -0.4 is 4.57 Å². The van der Waals surface area contributed by atoms with Gasteiger partial charge >= 0.3 is 6.18 Å². The molecule has 1 aromatic heterocycles. The fraction of sp³-hybridized carbons (Fsp3) is 0.235. The fourth-order valence-electron chi connectivity index (χ4n) is 2.19. The molecule has 10 heteroatoms. The van der Waals surface area contributed by atoms with Crippen molar-refractivity contribution < 1.29 is 30.7 Å². The molecule has 0 unspecified atom stereocenters. The molecule has 0 spiro atoms. The second kappa shape index (κ2) is 8.17. The van der Waals surface area contributed by atoms with Crippen molar-refractivity contribution in [1.29, 1.82) is 0 Å². The normalized spacial score (nSPS) is 12.0. The Morgan fingerprint density at radius 1 is 1.11 bits per heavy atom. The molecule has 0 atom stereocenters. The maximum Gasteiger partial charge on any atom is 0.416 e. The first kappa shape index (κ1) is 21.7. The van der Waals surface area contributed by atoms with Crippen LogP contribution in [0, 0.1) is 6.92 Å². The molecule has 0 saturated heterocycles. The molecule has 0 aliphatic carbocycles. The van der Waals surface area contributed by atoms with Gasteiger partial charge in [-0.15, -0.1) is 0 Å². The average molecular weight is 436 g/mol. The molecule has 0 aliphatic heterocycles. The van der Waals surface area contributed by atoms with E-state index in [0.29, 0.717) is 5.52 Å². The Hall–Kier alpha value is -1.62. The minimum atomic E-state index is -4.28. The van der Waals surface area contributed by atoms with E-state index in [0.717, 1.165) is 20.7 Å². The van der Waals surface area contributed by atoms with Crippen molar-refractivity contribution in [2.75, 3.05) is 6.26 Å². The smallest absolute Gasteiger partial charge is 0.416 e. The summed E-state index contributed by atoms with van der Waals surface area (Å²) in [6, 6.07) is 9.64. The van der Waals surface area contributed by atoms with Crippen molar-refractivity contribution in [2.45, 2.75) is 22.3 Å². The molecule has 0 bridgehead atoms. The first-order valence-corrected chi connectivity index (χ1v) is 10.9. The second-order valence-electron chi connectivity index (χ2n) is 5.58. The first-order chi connectivity index (χ1) is 12.4. The number of halogens is 3. The molecule has 27 heavy (non-hydrogen) atoms. The van der Waals surface area contributed by atoms with Gasteiger partial charge in [0, 0.05) is 6.07 Å². The number of nitrogens with zero attached hydrogens (tertiary/aromatic N) is 1. The molecular weight excluding hydrogens is 419 g/mol. The highest BCUT2D eigenvalue weighted by molar-refractivity contribution is 8.00. The zero-order chi connectivity index (χ0) is 20.4. The number of hydrogen-bond donors (Lipinski definition) is 0. The molecule has 146 valence electrons. The fourth-order valence-corrected chi connectivity index (χ4v) is 4.49. The van der Waals surface area contributed by atoms with Crippen LogP contribution in [0.25, 0.3) is 10.2 Å². The van der Waals surface area contributed by atoms with Crippen LogP contribution in [0.3, 0.4) is 0 Å². The molecule has 3 rings (SSSR count). The maximum atomic E-state index is 12.5. The van der Waals surface area contributed by atoms with Crippen molar-refractivity contribution in [2.24, 2.45) is 7.05 Å². The highest BCUT2D eigenvalue weighted by Crippen LogP contribution is 2.33. The third-order valence-corrected chi connectivity index (χ3v) is 6.84. The van der Waals surface area contributed by atoms with Gasteiger partial charge in [-0.3, -0.25) is 0 Å². The van der Waals surface area contributed by atoms with Crippen LogP contribution in [0.2, 0.25) is 0 Å². The van der Waals surface area contributed by atoms with Crippen LogP contribution in [0.5, 0.6) is 0 Å². The summed E-state index contributed by atoms with van der Waals surface area (Å²) in [5, 5.41) is 0. The molecule has 3 aromatic rings. The van der Waals surface area contributed by atoms with Gasteiger partial charge in [0.2, 0.25) is 5.52 Å². The number of thioether (sulfide) groups is 1. The van der Waals surface area contributed by atoms with Crippen LogP contribution in [-0.4, -0.2) is 19.2 Å². The Kier molecular flexibility index (Phi) is 6.56. The van der Waals surface area contributed by atoms with Crippen molar-refractivity contribution in [3.8, 4) is 0 Å².